The van der Waals surface area contributed by atoms with Gasteiger partial charge in [0, 0.05) is 33.0 Å². The van der Waals surface area contributed by atoms with Gasteiger partial charge < -0.3 is 4.42 Å². The first kappa shape index (κ1) is 30.7. The van der Waals surface area contributed by atoms with E-state index < -0.39 is 0 Å². The second kappa shape index (κ2) is 12.9. The van der Waals surface area contributed by atoms with E-state index in [1.165, 1.54) is 27.6 Å². The van der Waals surface area contributed by atoms with E-state index >= 15 is 0 Å². The summed E-state index contributed by atoms with van der Waals surface area (Å²) in [5, 5.41) is 4.46. The van der Waals surface area contributed by atoms with Crippen LogP contribution in [0.5, 0.6) is 0 Å². The van der Waals surface area contributed by atoms with Gasteiger partial charge in [0.1, 0.15) is 11.2 Å². The summed E-state index contributed by atoms with van der Waals surface area (Å²) in [7, 11) is 0. The van der Waals surface area contributed by atoms with Gasteiger partial charge in [-0.1, -0.05) is 170 Å². The SMILES string of the molecule is c1ccc(-c2ccc(-c3cc(-c4ccccc4)nc(-c4cc(-c5ccc(-c6ccccc6)cc5)c5oc6ccc7ccccc7c6c5c4)n3)cc2)cc1. The molecule has 3 nitrogen and oxygen atoms in total. The molecule has 0 aliphatic carbocycles. The van der Waals surface area contributed by atoms with Crippen LogP contribution in [0.4, 0.5) is 0 Å². The molecule has 0 saturated heterocycles. The lowest BCUT2D eigenvalue weighted by Gasteiger charge is -2.12. The third-order valence-electron chi connectivity index (χ3n) is 10.1. The Kier molecular flexibility index (Phi) is 7.47. The minimum atomic E-state index is 0.659. The van der Waals surface area contributed by atoms with Crippen molar-refractivity contribution in [1.82, 2.24) is 9.97 Å². The molecule has 0 unspecified atom stereocenters. The molecular weight excluding hydrogens is 645 g/mol. The molecule has 0 aliphatic heterocycles. The van der Waals surface area contributed by atoms with Crippen LogP contribution < -0.4 is 0 Å². The molecule has 2 aromatic heterocycles. The van der Waals surface area contributed by atoms with E-state index in [1.807, 2.05) is 18.2 Å². The second-order valence-corrected chi connectivity index (χ2v) is 13.4. The summed E-state index contributed by atoms with van der Waals surface area (Å²) in [4.78, 5) is 10.5. The molecule has 10 rings (SSSR count). The number of hydrogen-bond acceptors (Lipinski definition) is 3. The summed E-state index contributed by atoms with van der Waals surface area (Å²) in [6.45, 7) is 0. The lowest BCUT2D eigenvalue weighted by molar-refractivity contribution is 0.670. The fourth-order valence-electron chi connectivity index (χ4n) is 7.41. The van der Waals surface area contributed by atoms with Crippen molar-refractivity contribution < 1.29 is 4.42 Å². The predicted octanol–water partition coefficient (Wildman–Crippen LogP) is 13.5. The monoisotopic (exact) mass is 676 g/mol. The van der Waals surface area contributed by atoms with Crippen LogP contribution in [0.15, 0.2) is 199 Å². The first-order chi connectivity index (χ1) is 26.2. The number of benzene rings is 8. The number of furan rings is 1. The van der Waals surface area contributed by atoms with Gasteiger partial charge in [0.05, 0.1) is 11.4 Å². The van der Waals surface area contributed by atoms with E-state index in [9.17, 15) is 0 Å². The van der Waals surface area contributed by atoms with E-state index in [2.05, 4.69) is 176 Å². The largest absolute Gasteiger partial charge is 0.455 e. The quantitative estimate of drug-likeness (QED) is 0.176. The maximum atomic E-state index is 6.74. The number of rotatable bonds is 6. The first-order valence-corrected chi connectivity index (χ1v) is 17.9. The molecular formula is C50H32N2O. The topological polar surface area (TPSA) is 38.9 Å². The third kappa shape index (κ3) is 5.65. The molecule has 0 atom stereocenters. The van der Waals surface area contributed by atoms with Crippen molar-refractivity contribution in [3.63, 3.8) is 0 Å². The van der Waals surface area contributed by atoms with E-state index in [0.29, 0.717) is 5.82 Å². The van der Waals surface area contributed by atoms with Gasteiger partial charge in [-0.25, -0.2) is 9.97 Å². The van der Waals surface area contributed by atoms with Gasteiger partial charge in [0.2, 0.25) is 0 Å². The second-order valence-electron chi connectivity index (χ2n) is 13.4. The molecule has 53 heavy (non-hydrogen) atoms. The Morgan fingerprint density at radius 3 is 1.45 bits per heavy atom. The van der Waals surface area contributed by atoms with Gasteiger partial charge in [-0.3, -0.25) is 0 Å². The highest BCUT2D eigenvalue weighted by Gasteiger charge is 2.19. The summed E-state index contributed by atoms with van der Waals surface area (Å²) in [5.74, 6) is 0.659. The normalized spacial score (nSPS) is 11.4. The van der Waals surface area contributed by atoms with E-state index in [1.54, 1.807) is 0 Å². The van der Waals surface area contributed by atoms with E-state index in [4.69, 9.17) is 14.4 Å². The number of nitrogens with zero attached hydrogens (tertiary/aromatic N) is 2. The lowest BCUT2D eigenvalue weighted by atomic mass is 9.95. The zero-order valence-electron chi connectivity index (χ0n) is 28.8. The minimum Gasteiger partial charge on any atom is -0.455 e. The molecule has 248 valence electrons. The molecule has 0 amide bonds. The van der Waals surface area contributed by atoms with Gasteiger partial charge in [0.15, 0.2) is 5.82 Å². The maximum absolute atomic E-state index is 6.74. The number of aromatic nitrogens is 2. The van der Waals surface area contributed by atoms with Crippen LogP contribution >= 0.6 is 0 Å². The van der Waals surface area contributed by atoms with Crippen LogP contribution in [0.1, 0.15) is 0 Å². The molecule has 0 spiro atoms. The van der Waals surface area contributed by atoms with Crippen molar-refractivity contribution in [2.45, 2.75) is 0 Å². The summed E-state index contributed by atoms with van der Waals surface area (Å²) in [6.07, 6.45) is 0. The van der Waals surface area contributed by atoms with Crippen molar-refractivity contribution in [3.8, 4) is 67.3 Å². The Hall–Kier alpha value is -7.10. The highest BCUT2D eigenvalue weighted by molar-refractivity contribution is 6.21. The van der Waals surface area contributed by atoms with Crippen LogP contribution in [-0.2, 0) is 0 Å². The fourth-order valence-corrected chi connectivity index (χ4v) is 7.41. The molecule has 0 radical (unpaired) electrons. The molecule has 8 aromatic carbocycles. The zero-order chi connectivity index (χ0) is 35.1. The molecule has 0 bridgehead atoms. The molecule has 0 saturated carbocycles. The third-order valence-corrected chi connectivity index (χ3v) is 10.1. The van der Waals surface area contributed by atoms with E-state index in [-0.39, 0.29) is 0 Å². The smallest absolute Gasteiger partial charge is 0.160 e. The lowest BCUT2D eigenvalue weighted by Crippen LogP contribution is -1.96. The zero-order valence-corrected chi connectivity index (χ0v) is 28.8. The summed E-state index contributed by atoms with van der Waals surface area (Å²) < 4.78 is 6.74. The Labute approximate surface area is 307 Å². The van der Waals surface area contributed by atoms with Crippen LogP contribution in [-0.4, -0.2) is 9.97 Å². The Bertz CT molecular complexity index is 2900. The molecule has 2 heterocycles. The maximum Gasteiger partial charge on any atom is 0.160 e. The highest BCUT2D eigenvalue weighted by atomic mass is 16.3. The summed E-state index contributed by atoms with van der Waals surface area (Å²) in [6, 6.07) is 67.9. The van der Waals surface area contributed by atoms with Crippen molar-refractivity contribution in [1.29, 1.82) is 0 Å². The van der Waals surface area contributed by atoms with Gasteiger partial charge >= 0.3 is 0 Å². The number of hydrogen-bond donors (Lipinski definition) is 0. The van der Waals surface area contributed by atoms with Gasteiger partial charge in [-0.2, -0.15) is 0 Å². The first-order valence-electron chi connectivity index (χ1n) is 17.9. The predicted molar refractivity (Wildman–Crippen MR) is 219 cm³/mol. The van der Waals surface area contributed by atoms with Crippen molar-refractivity contribution in [2.75, 3.05) is 0 Å². The standard InChI is InChI=1S/C50H32N2O/c1-4-12-33(13-5-1)35-20-24-38(25-21-35)43-30-41(31-44-48-42-19-11-10-16-37(42)28-29-47(48)53-49(43)44)50-51-45(39-17-8-3-9-18-39)32-46(52-50)40-26-22-36(23-27-40)34-14-6-2-7-15-34/h1-32H. The van der Waals surface area contributed by atoms with Gasteiger partial charge in [0.25, 0.3) is 0 Å². The van der Waals surface area contributed by atoms with Crippen molar-refractivity contribution in [3.05, 3.63) is 194 Å². The van der Waals surface area contributed by atoms with E-state index in [0.717, 1.165) is 66.5 Å². The van der Waals surface area contributed by atoms with Crippen molar-refractivity contribution >= 4 is 32.7 Å². The summed E-state index contributed by atoms with van der Waals surface area (Å²) in [5.41, 5.74) is 13.2. The van der Waals surface area contributed by atoms with Crippen molar-refractivity contribution in [2.24, 2.45) is 0 Å². The Morgan fingerprint density at radius 2 is 0.830 bits per heavy atom. The fraction of sp³-hybridized carbons (Fsp3) is 0. The Balaban J connectivity index is 1.19. The molecule has 3 heteroatoms. The molecule has 0 fully saturated rings. The minimum absolute atomic E-state index is 0.659. The number of fused-ring (bicyclic) bond motifs is 5. The van der Waals surface area contributed by atoms with Crippen LogP contribution in [0.3, 0.4) is 0 Å². The highest BCUT2D eigenvalue weighted by Crippen LogP contribution is 2.42. The van der Waals surface area contributed by atoms with Crippen LogP contribution in [0, 0.1) is 0 Å². The van der Waals surface area contributed by atoms with Gasteiger partial charge in [-0.05, 0) is 62.9 Å². The average Bonchev–Trinajstić information content (AvgIpc) is 3.64. The van der Waals surface area contributed by atoms with Crippen LogP contribution in [0.25, 0.3) is 100.0 Å². The van der Waals surface area contributed by atoms with Gasteiger partial charge in [-0.15, -0.1) is 0 Å². The molecule has 10 aromatic rings. The molecule has 0 aliphatic rings. The Morgan fingerprint density at radius 1 is 0.340 bits per heavy atom. The summed E-state index contributed by atoms with van der Waals surface area (Å²) >= 11 is 0. The van der Waals surface area contributed by atoms with Crippen LogP contribution in [0.2, 0.25) is 0 Å². The molecule has 0 N–H and O–H groups in total. The average molecular weight is 677 g/mol.